The molecule has 0 saturated heterocycles. The van der Waals surface area contributed by atoms with E-state index in [9.17, 15) is 8.42 Å². The van der Waals surface area contributed by atoms with E-state index < -0.39 is 9.84 Å². The molecule has 0 saturated carbocycles. The van der Waals surface area contributed by atoms with Crippen LogP contribution in [0.25, 0.3) is 0 Å². The van der Waals surface area contributed by atoms with Crippen molar-refractivity contribution in [1.29, 1.82) is 0 Å². The summed E-state index contributed by atoms with van der Waals surface area (Å²) in [7, 11) is -1.37. The zero-order valence-corrected chi connectivity index (χ0v) is 19.9. The van der Waals surface area contributed by atoms with Gasteiger partial charge in [-0.2, -0.15) is 0 Å². The van der Waals surface area contributed by atoms with Crippen molar-refractivity contribution in [3.05, 3.63) is 52.2 Å². The standard InChI is InChI=1S/C19H27N3O2S2.HI/c1-15(13-17-5-4-12-25-17)14-22-19(20-2)21-11-10-16-6-8-18(9-7-16)26(3,23)24;/h4-9,12,15H,10-11,13-14H2,1-3H3,(H2,20,21,22);1H. The van der Waals surface area contributed by atoms with Crippen molar-refractivity contribution in [2.24, 2.45) is 10.9 Å². The van der Waals surface area contributed by atoms with Crippen LogP contribution >= 0.6 is 35.3 Å². The largest absolute Gasteiger partial charge is 0.356 e. The van der Waals surface area contributed by atoms with Gasteiger partial charge in [0.2, 0.25) is 0 Å². The molecule has 8 heteroatoms. The summed E-state index contributed by atoms with van der Waals surface area (Å²) in [5.74, 6) is 1.31. The summed E-state index contributed by atoms with van der Waals surface area (Å²) in [5.41, 5.74) is 1.09. The van der Waals surface area contributed by atoms with E-state index in [2.05, 4.69) is 40.1 Å². The van der Waals surface area contributed by atoms with Crippen LogP contribution in [0.15, 0.2) is 51.7 Å². The van der Waals surface area contributed by atoms with Gasteiger partial charge in [-0.25, -0.2) is 8.42 Å². The summed E-state index contributed by atoms with van der Waals surface area (Å²) in [4.78, 5) is 6.01. The molecule has 27 heavy (non-hydrogen) atoms. The van der Waals surface area contributed by atoms with Gasteiger partial charge in [0.25, 0.3) is 0 Å². The van der Waals surface area contributed by atoms with Crippen LogP contribution in [0.2, 0.25) is 0 Å². The van der Waals surface area contributed by atoms with Crippen molar-refractivity contribution < 1.29 is 8.42 Å². The lowest BCUT2D eigenvalue weighted by molar-refractivity contribution is 0.562. The van der Waals surface area contributed by atoms with Gasteiger partial charge in [0.1, 0.15) is 0 Å². The minimum atomic E-state index is -3.14. The normalized spacial score (nSPS) is 12.9. The van der Waals surface area contributed by atoms with Gasteiger partial charge in [-0.15, -0.1) is 35.3 Å². The van der Waals surface area contributed by atoms with Crippen LogP contribution in [0.3, 0.4) is 0 Å². The maximum Gasteiger partial charge on any atom is 0.190 e. The number of rotatable bonds is 8. The fraction of sp³-hybridized carbons (Fsp3) is 0.421. The third kappa shape index (κ3) is 8.61. The molecule has 150 valence electrons. The summed E-state index contributed by atoms with van der Waals surface area (Å²) in [6.45, 7) is 3.82. The van der Waals surface area contributed by atoms with Crippen molar-refractivity contribution in [2.75, 3.05) is 26.4 Å². The average molecular weight is 521 g/mol. The fourth-order valence-corrected chi connectivity index (χ4v) is 4.06. The number of guanidine groups is 1. The van der Waals surface area contributed by atoms with Gasteiger partial charge in [-0.05, 0) is 47.9 Å². The number of nitrogens with one attached hydrogen (secondary N) is 2. The molecule has 0 aliphatic heterocycles. The lowest BCUT2D eigenvalue weighted by Gasteiger charge is -2.15. The van der Waals surface area contributed by atoms with Crippen LogP contribution in [0, 0.1) is 5.92 Å². The number of aliphatic imine (C=N–C) groups is 1. The highest BCUT2D eigenvalue weighted by atomic mass is 127. The molecule has 0 amide bonds. The molecule has 0 bridgehead atoms. The Bertz CT molecular complexity index is 804. The number of sulfone groups is 1. The van der Waals surface area contributed by atoms with Crippen molar-refractivity contribution >= 4 is 51.1 Å². The number of hydrogen-bond acceptors (Lipinski definition) is 4. The Morgan fingerprint density at radius 2 is 1.89 bits per heavy atom. The zero-order valence-electron chi connectivity index (χ0n) is 15.9. The molecule has 1 aromatic heterocycles. The van der Waals surface area contributed by atoms with Gasteiger partial charge >= 0.3 is 0 Å². The van der Waals surface area contributed by atoms with Crippen LogP contribution in [0.4, 0.5) is 0 Å². The third-order valence-electron chi connectivity index (χ3n) is 4.03. The molecule has 1 unspecified atom stereocenters. The second-order valence-electron chi connectivity index (χ2n) is 6.43. The van der Waals surface area contributed by atoms with Crippen LogP contribution in [0.1, 0.15) is 17.4 Å². The van der Waals surface area contributed by atoms with Crippen LogP contribution < -0.4 is 10.6 Å². The molecule has 0 radical (unpaired) electrons. The predicted octanol–water partition coefficient (Wildman–Crippen LogP) is 3.36. The number of thiophene rings is 1. The minimum Gasteiger partial charge on any atom is -0.356 e. The maximum atomic E-state index is 11.5. The van der Waals surface area contributed by atoms with E-state index in [1.165, 1.54) is 11.1 Å². The molecule has 0 spiro atoms. The molecule has 2 rings (SSSR count). The molecule has 1 heterocycles. The lowest BCUT2D eigenvalue weighted by atomic mass is 10.1. The van der Waals surface area contributed by atoms with Crippen LogP contribution in [0.5, 0.6) is 0 Å². The van der Waals surface area contributed by atoms with Crippen molar-refractivity contribution in [2.45, 2.75) is 24.7 Å². The Morgan fingerprint density at radius 1 is 1.19 bits per heavy atom. The highest BCUT2D eigenvalue weighted by Crippen LogP contribution is 2.13. The number of halogens is 1. The van der Waals surface area contributed by atoms with Gasteiger partial charge < -0.3 is 10.6 Å². The van der Waals surface area contributed by atoms with Crippen LogP contribution in [-0.2, 0) is 22.7 Å². The summed E-state index contributed by atoms with van der Waals surface area (Å²) >= 11 is 1.79. The fourth-order valence-electron chi connectivity index (χ4n) is 2.56. The lowest BCUT2D eigenvalue weighted by Crippen LogP contribution is -2.40. The highest BCUT2D eigenvalue weighted by Gasteiger charge is 2.07. The van der Waals surface area contributed by atoms with E-state index >= 15 is 0 Å². The average Bonchev–Trinajstić information content (AvgIpc) is 3.10. The SMILES string of the molecule is CN=C(NCCc1ccc(S(C)(=O)=O)cc1)NCC(C)Cc1cccs1.I. The van der Waals surface area contributed by atoms with Crippen molar-refractivity contribution in [3.8, 4) is 0 Å². The Labute approximate surface area is 183 Å². The smallest absolute Gasteiger partial charge is 0.190 e. The van der Waals surface area contributed by atoms with E-state index in [1.54, 1.807) is 30.5 Å². The summed E-state index contributed by atoms with van der Waals surface area (Å²) in [6.07, 6.45) is 3.09. The monoisotopic (exact) mass is 521 g/mol. The Hall–Kier alpha value is -1.13. The molecular formula is C19H28IN3O2S2. The van der Waals surface area contributed by atoms with Crippen LogP contribution in [-0.4, -0.2) is 40.8 Å². The molecule has 2 N–H and O–H groups in total. The van der Waals surface area contributed by atoms with E-state index in [-0.39, 0.29) is 24.0 Å². The highest BCUT2D eigenvalue weighted by molar-refractivity contribution is 14.0. The summed E-state index contributed by atoms with van der Waals surface area (Å²) in [6, 6.07) is 11.3. The molecule has 5 nitrogen and oxygen atoms in total. The van der Waals surface area contributed by atoms with Gasteiger partial charge in [0, 0.05) is 31.3 Å². The van der Waals surface area contributed by atoms with Crippen molar-refractivity contribution in [3.63, 3.8) is 0 Å². The topological polar surface area (TPSA) is 70.6 Å². The molecule has 2 aromatic rings. The first-order chi connectivity index (χ1) is 12.4. The predicted molar refractivity (Wildman–Crippen MR) is 125 cm³/mol. The quantitative estimate of drug-likeness (QED) is 0.318. The number of nitrogens with zero attached hydrogens (tertiary/aromatic N) is 1. The third-order valence-corrected chi connectivity index (χ3v) is 6.06. The number of benzene rings is 1. The van der Waals surface area contributed by atoms with Gasteiger partial charge in [-0.1, -0.05) is 25.1 Å². The van der Waals surface area contributed by atoms with E-state index in [0.29, 0.717) is 10.8 Å². The second kappa shape index (κ2) is 11.7. The Morgan fingerprint density at radius 3 is 2.44 bits per heavy atom. The first kappa shape index (κ1) is 23.9. The molecule has 1 atom stereocenters. The van der Waals surface area contributed by atoms with Gasteiger partial charge in [-0.3, -0.25) is 4.99 Å². The van der Waals surface area contributed by atoms with E-state index in [0.717, 1.165) is 37.5 Å². The summed E-state index contributed by atoms with van der Waals surface area (Å²) in [5, 5.41) is 8.77. The van der Waals surface area contributed by atoms with Gasteiger partial charge in [0.05, 0.1) is 4.90 Å². The molecule has 0 fully saturated rings. The van der Waals surface area contributed by atoms with Gasteiger partial charge in [0.15, 0.2) is 15.8 Å². The first-order valence-electron chi connectivity index (χ1n) is 8.64. The Kier molecular flexibility index (Phi) is 10.3. The minimum absolute atomic E-state index is 0. The molecular weight excluding hydrogens is 493 g/mol. The molecule has 0 aliphatic carbocycles. The maximum absolute atomic E-state index is 11.5. The van der Waals surface area contributed by atoms with E-state index in [1.807, 2.05) is 12.1 Å². The first-order valence-corrected chi connectivity index (χ1v) is 11.4. The summed E-state index contributed by atoms with van der Waals surface area (Å²) < 4.78 is 23.0. The van der Waals surface area contributed by atoms with Crippen molar-refractivity contribution in [1.82, 2.24) is 10.6 Å². The Balaban J connectivity index is 0.00000364. The molecule has 1 aromatic carbocycles. The second-order valence-corrected chi connectivity index (χ2v) is 9.48. The number of hydrogen-bond donors (Lipinski definition) is 2. The molecule has 0 aliphatic rings. The zero-order chi connectivity index (χ0) is 19.0. The van der Waals surface area contributed by atoms with E-state index in [4.69, 9.17) is 0 Å².